The SMILES string of the molecule is COc1ccc(OC)c(CN2C[C@@H]3CCCN3C[C@@H]2C)c1. The average molecular weight is 290 g/mol. The summed E-state index contributed by atoms with van der Waals surface area (Å²) in [5.74, 6) is 1.86. The van der Waals surface area contributed by atoms with E-state index >= 15 is 0 Å². The van der Waals surface area contributed by atoms with E-state index in [0.29, 0.717) is 6.04 Å². The topological polar surface area (TPSA) is 24.9 Å². The highest BCUT2D eigenvalue weighted by molar-refractivity contribution is 5.40. The van der Waals surface area contributed by atoms with Crippen molar-refractivity contribution in [1.29, 1.82) is 0 Å². The van der Waals surface area contributed by atoms with Crippen molar-refractivity contribution in [2.45, 2.75) is 38.4 Å². The lowest BCUT2D eigenvalue weighted by molar-refractivity contribution is 0.0535. The monoisotopic (exact) mass is 290 g/mol. The minimum atomic E-state index is 0.593. The number of nitrogens with zero attached hydrogens (tertiary/aromatic N) is 2. The predicted octanol–water partition coefficient (Wildman–Crippen LogP) is 2.37. The van der Waals surface area contributed by atoms with Crippen LogP contribution in [0.25, 0.3) is 0 Å². The standard InChI is InChI=1S/C17H26N2O2/c1-13-10-18-8-4-5-15(18)12-19(13)11-14-9-16(20-2)6-7-17(14)21-3/h6-7,9,13,15H,4-5,8,10-12H2,1-3H3/t13-,15-/m0/s1. The minimum absolute atomic E-state index is 0.593. The number of methoxy groups -OCH3 is 2. The molecule has 0 aromatic heterocycles. The summed E-state index contributed by atoms with van der Waals surface area (Å²) in [7, 11) is 3.45. The molecule has 0 spiro atoms. The van der Waals surface area contributed by atoms with E-state index in [0.717, 1.165) is 24.1 Å². The largest absolute Gasteiger partial charge is 0.497 e. The maximum atomic E-state index is 5.52. The highest BCUT2D eigenvalue weighted by atomic mass is 16.5. The molecule has 2 atom stereocenters. The van der Waals surface area contributed by atoms with Gasteiger partial charge in [0.15, 0.2) is 0 Å². The Hall–Kier alpha value is -1.26. The van der Waals surface area contributed by atoms with E-state index in [9.17, 15) is 0 Å². The van der Waals surface area contributed by atoms with E-state index in [1.54, 1.807) is 14.2 Å². The lowest BCUT2D eigenvalue weighted by atomic mass is 10.1. The van der Waals surface area contributed by atoms with E-state index in [2.05, 4.69) is 22.8 Å². The molecule has 0 aliphatic carbocycles. The number of hydrogen-bond acceptors (Lipinski definition) is 4. The van der Waals surface area contributed by atoms with Crippen molar-refractivity contribution in [3.8, 4) is 11.5 Å². The summed E-state index contributed by atoms with van der Waals surface area (Å²) in [5.41, 5.74) is 1.22. The molecule has 0 unspecified atom stereocenters. The number of fused-ring (bicyclic) bond motifs is 1. The lowest BCUT2D eigenvalue weighted by Gasteiger charge is -2.42. The quantitative estimate of drug-likeness (QED) is 0.850. The van der Waals surface area contributed by atoms with E-state index < -0.39 is 0 Å². The van der Waals surface area contributed by atoms with Crippen molar-refractivity contribution in [2.75, 3.05) is 33.9 Å². The summed E-state index contributed by atoms with van der Waals surface area (Å²) in [6, 6.07) is 7.41. The summed E-state index contributed by atoms with van der Waals surface area (Å²) < 4.78 is 10.9. The van der Waals surface area contributed by atoms with E-state index in [-0.39, 0.29) is 0 Å². The molecule has 2 saturated heterocycles. The Morgan fingerprint density at radius 1 is 1.19 bits per heavy atom. The van der Waals surface area contributed by atoms with Gasteiger partial charge in [-0.2, -0.15) is 0 Å². The fourth-order valence-corrected chi connectivity index (χ4v) is 3.69. The third-order valence-corrected chi connectivity index (χ3v) is 4.93. The number of piperazine rings is 1. The molecular formula is C17H26N2O2. The fourth-order valence-electron chi connectivity index (χ4n) is 3.69. The molecule has 3 rings (SSSR count). The molecule has 1 aromatic carbocycles. The van der Waals surface area contributed by atoms with Gasteiger partial charge in [-0.25, -0.2) is 0 Å². The van der Waals surface area contributed by atoms with Crippen LogP contribution in [0.2, 0.25) is 0 Å². The third-order valence-electron chi connectivity index (χ3n) is 4.93. The van der Waals surface area contributed by atoms with Crippen molar-refractivity contribution in [1.82, 2.24) is 9.80 Å². The average Bonchev–Trinajstić information content (AvgIpc) is 2.94. The summed E-state index contributed by atoms with van der Waals surface area (Å²) >= 11 is 0. The zero-order chi connectivity index (χ0) is 14.8. The summed E-state index contributed by atoms with van der Waals surface area (Å²) in [4.78, 5) is 5.24. The molecule has 4 heteroatoms. The van der Waals surface area contributed by atoms with Crippen molar-refractivity contribution in [3.05, 3.63) is 23.8 Å². The van der Waals surface area contributed by atoms with Crippen LogP contribution in [0.15, 0.2) is 18.2 Å². The third kappa shape index (κ3) is 3.01. The maximum Gasteiger partial charge on any atom is 0.123 e. The molecule has 2 aliphatic rings. The van der Waals surface area contributed by atoms with Gasteiger partial charge in [0.25, 0.3) is 0 Å². The van der Waals surface area contributed by atoms with Gasteiger partial charge in [-0.3, -0.25) is 9.80 Å². The lowest BCUT2D eigenvalue weighted by Crippen LogP contribution is -2.54. The molecular weight excluding hydrogens is 264 g/mol. The zero-order valence-electron chi connectivity index (χ0n) is 13.3. The van der Waals surface area contributed by atoms with Crippen LogP contribution in [0, 0.1) is 0 Å². The zero-order valence-corrected chi connectivity index (χ0v) is 13.3. The molecule has 0 amide bonds. The van der Waals surface area contributed by atoms with Crippen LogP contribution < -0.4 is 9.47 Å². The maximum absolute atomic E-state index is 5.52. The van der Waals surface area contributed by atoms with Crippen LogP contribution in [0.5, 0.6) is 11.5 Å². The number of rotatable bonds is 4. The molecule has 1 aromatic rings. The first-order valence-corrected chi connectivity index (χ1v) is 7.90. The van der Waals surface area contributed by atoms with Crippen molar-refractivity contribution in [2.24, 2.45) is 0 Å². The van der Waals surface area contributed by atoms with Crippen molar-refractivity contribution >= 4 is 0 Å². The van der Waals surface area contributed by atoms with Gasteiger partial charge in [-0.1, -0.05) is 0 Å². The van der Waals surface area contributed by atoms with Crippen LogP contribution in [0.3, 0.4) is 0 Å². The van der Waals surface area contributed by atoms with Gasteiger partial charge in [0.05, 0.1) is 14.2 Å². The first-order chi connectivity index (χ1) is 10.2. The van der Waals surface area contributed by atoms with Crippen LogP contribution in [0.4, 0.5) is 0 Å². The first kappa shape index (κ1) is 14.7. The van der Waals surface area contributed by atoms with Crippen LogP contribution in [-0.2, 0) is 6.54 Å². The number of ether oxygens (including phenoxy) is 2. The Labute approximate surface area is 127 Å². The van der Waals surface area contributed by atoms with Gasteiger partial charge in [0.1, 0.15) is 11.5 Å². The van der Waals surface area contributed by atoms with Crippen molar-refractivity contribution in [3.63, 3.8) is 0 Å². The second kappa shape index (κ2) is 6.24. The molecule has 0 saturated carbocycles. The Kier molecular flexibility index (Phi) is 4.36. The van der Waals surface area contributed by atoms with Gasteiger partial charge in [0, 0.05) is 37.3 Å². The Bertz CT molecular complexity index is 492. The first-order valence-electron chi connectivity index (χ1n) is 7.90. The fraction of sp³-hybridized carbons (Fsp3) is 0.647. The molecule has 2 aliphatic heterocycles. The van der Waals surface area contributed by atoms with Crippen LogP contribution >= 0.6 is 0 Å². The normalized spacial score (nSPS) is 26.6. The summed E-state index contributed by atoms with van der Waals surface area (Å²) in [6.07, 6.45) is 2.70. The van der Waals surface area contributed by atoms with Gasteiger partial charge >= 0.3 is 0 Å². The Morgan fingerprint density at radius 2 is 2.05 bits per heavy atom. The molecule has 4 nitrogen and oxygen atoms in total. The second-order valence-electron chi connectivity index (χ2n) is 6.25. The molecule has 0 radical (unpaired) electrons. The molecule has 2 fully saturated rings. The molecule has 116 valence electrons. The van der Waals surface area contributed by atoms with Crippen molar-refractivity contribution < 1.29 is 9.47 Å². The minimum Gasteiger partial charge on any atom is -0.497 e. The molecule has 2 heterocycles. The van der Waals surface area contributed by atoms with E-state index in [1.807, 2.05) is 12.1 Å². The van der Waals surface area contributed by atoms with Crippen LogP contribution in [0.1, 0.15) is 25.3 Å². The molecule has 21 heavy (non-hydrogen) atoms. The smallest absolute Gasteiger partial charge is 0.123 e. The predicted molar refractivity (Wildman–Crippen MR) is 84.0 cm³/mol. The Balaban J connectivity index is 1.76. The highest BCUT2D eigenvalue weighted by Gasteiger charge is 2.34. The summed E-state index contributed by atoms with van der Waals surface area (Å²) in [6.45, 7) is 6.91. The second-order valence-corrected chi connectivity index (χ2v) is 6.25. The van der Waals surface area contributed by atoms with E-state index in [1.165, 1.54) is 38.0 Å². The number of benzene rings is 1. The van der Waals surface area contributed by atoms with E-state index in [4.69, 9.17) is 9.47 Å². The molecule has 0 N–H and O–H groups in total. The highest BCUT2D eigenvalue weighted by Crippen LogP contribution is 2.29. The summed E-state index contributed by atoms with van der Waals surface area (Å²) in [5, 5.41) is 0. The Morgan fingerprint density at radius 3 is 2.81 bits per heavy atom. The van der Waals surface area contributed by atoms with Gasteiger partial charge in [0.2, 0.25) is 0 Å². The van der Waals surface area contributed by atoms with Gasteiger partial charge in [-0.15, -0.1) is 0 Å². The van der Waals surface area contributed by atoms with Crippen LogP contribution in [-0.4, -0.2) is 55.7 Å². The van der Waals surface area contributed by atoms with Gasteiger partial charge in [-0.05, 0) is 44.5 Å². The van der Waals surface area contributed by atoms with Gasteiger partial charge < -0.3 is 9.47 Å². The number of hydrogen-bond donors (Lipinski definition) is 0. The molecule has 0 bridgehead atoms.